The predicted octanol–water partition coefficient (Wildman–Crippen LogP) is 1.01. The van der Waals surface area contributed by atoms with E-state index < -0.39 is 0 Å². The minimum atomic E-state index is 0.764. The largest absolute Gasteiger partial charge is 0.315 e. The average molecular weight is 225 g/mol. The van der Waals surface area contributed by atoms with Gasteiger partial charge in [-0.2, -0.15) is 0 Å². The van der Waals surface area contributed by atoms with Crippen molar-refractivity contribution in [3.63, 3.8) is 0 Å². The molecule has 94 valence electrons. The zero-order chi connectivity index (χ0) is 11.5. The molecule has 0 aromatic rings. The van der Waals surface area contributed by atoms with E-state index in [1.807, 2.05) is 0 Å². The first-order chi connectivity index (χ1) is 7.72. The molecule has 0 radical (unpaired) electrons. The van der Waals surface area contributed by atoms with Crippen LogP contribution in [0.15, 0.2) is 0 Å². The third-order valence-corrected chi connectivity index (χ3v) is 4.32. The summed E-state index contributed by atoms with van der Waals surface area (Å²) in [4.78, 5) is 5.29. The fourth-order valence-electron chi connectivity index (χ4n) is 3.30. The summed E-state index contributed by atoms with van der Waals surface area (Å²) in [5, 5.41) is 3.54. The lowest BCUT2D eigenvalue weighted by Gasteiger charge is -2.36. The van der Waals surface area contributed by atoms with Gasteiger partial charge in [0.25, 0.3) is 0 Å². The van der Waals surface area contributed by atoms with Gasteiger partial charge in [0.1, 0.15) is 0 Å². The minimum absolute atomic E-state index is 0.764. The Morgan fingerprint density at radius 2 is 2.06 bits per heavy atom. The fourth-order valence-corrected chi connectivity index (χ4v) is 3.30. The monoisotopic (exact) mass is 225 g/mol. The summed E-state index contributed by atoms with van der Waals surface area (Å²) >= 11 is 0. The Bertz CT molecular complexity index is 219. The Hall–Kier alpha value is -0.120. The molecule has 3 unspecified atom stereocenters. The third-order valence-electron chi connectivity index (χ3n) is 4.32. The number of hydrogen-bond acceptors (Lipinski definition) is 3. The lowest BCUT2D eigenvalue weighted by Crippen LogP contribution is -2.48. The van der Waals surface area contributed by atoms with Gasteiger partial charge in [0, 0.05) is 31.7 Å². The number of likely N-dealkylation sites (N-methyl/N-ethyl adjacent to an activating group) is 1. The van der Waals surface area contributed by atoms with E-state index in [0.29, 0.717) is 0 Å². The Morgan fingerprint density at radius 1 is 1.25 bits per heavy atom. The first-order valence-corrected chi connectivity index (χ1v) is 6.87. The maximum absolute atomic E-state index is 3.54. The van der Waals surface area contributed by atoms with Gasteiger partial charge in [-0.05, 0) is 38.9 Å². The minimum Gasteiger partial charge on any atom is -0.315 e. The van der Waals surface area contributed by atoms with Crippen LogP contribution in [0.4, 0.5) is 0 Å². The second-order valence-electron chi connectivity index (χ2n) is 5.62. The molecule has 1 N–H and O–H groups in total. The van der Waals surface area contributed by atoms with E-state index in [9.17, 15) is 0 Å². The molecule has 2 fully saturated rings. The third kappa shape index (κ3) is 2.58. The van der Waals surface area contributed by atoms with Gasteiger partial charge in [0.05, 0.1) is 0 Å². The van der Waals surface area contributed by atoms with Gasteiger partial charge in [-0.15, -0.1) is 0 Å². The van der Waals surface area contributed by atoms with Crippen LogP contribution in [0.5, 0.6) is 0 Å². The van der Waals surface area contributed by atoms with Gasteiger partial charge in [-0.1, -0.05) is 13.8 Å². The second kappa shape index (κ2) is 5.48. The van der Waals surface area contributed by atoms with Gasteiger partial charge in [-0.25, -0.2) is 0 Å². The van der Waals surface area contributed by atoms with Crippen molar-refractivity contribution in [3.05, 3.63) is 0 Å². The summed E-state index contributed by atoms with van der Waals surface area (Å²) in [7, 11) is 2.27. The fraction of sp³-hybridized carbons (Fsp3) is 1.00. The van der Waals surface area contributed by atoms with Gasteiger partial charge >= 0.3 is 0 Å². The van der Waals surface area contributed by atoms with E-state index in [-0.39, 0.29) is 0 Å². The molecular formula is C13H27N3. The van der Waals surface area contributed by atoms with Crippen LogP contribution in [0.1, 0.15) is 26.7 Å². The summed E-state index contributed by atoms with van der Waals surface area (Å²) in [5.41, 5.74) is 0. The Morgan fingerprint density at radius 3 is 2.69 bits per heavy atom. The highest BCUT2D eigenvalue weighted by molar-refractivity contribution is 4.91. The normalized spacial score (nSPS) is 38.8. The summed E-state index contributed by atoms with van der Waals surface area (Å²) in [6.07, 6.45) is 2.61. The molecule has 3 atom stereocenters. The molecule has 2 rings (SSSR count). The van der Waals surface area contributed by atoms with Crippen LogP contribution in [0, 0.1) is 5.92 Å². The molecule has 2 aliphatic rings. The molecule has 3 heteroatoms. The molecule has 0 amide bonds. The molecule has 0 aromatic carbocycles. The van der Waals surface area contributed by atoms with Crippen molar-refractivity contribution < 1.29 is 0 Å². The van der Waals surface area contributed by atoms with E-state index in [4.69, 9.17) is 0 Å². The maximum Gasteiger partial charge on any atom is 0.0261 e. The molecule has 2 saturated heterocycles. The summed E-state index contributed by atoms with van der Waals surface area (Å²) < 4.78 is 0. The highest BCUT2D eigenvalue weighted by atomic mass is 15.3. The van der Waals surface area contributed by atoms with Crippen molar-refractivity contribution >= 4 is 0 Å². The SMILES string of the molecule is CCC1CN(C)CCCN1C1CNCC1C. The average Bonchev–Trinajstić information content (AvgIpc) is 2.58. The highest BCUT2D eigenvalue weighted by Gasteiger charge is 2.33. The van der Waals surface area contributed by atoms with Crippen LogP contribution >= 0.6 is 0 Å². The number of nitrogens with one attached hydrogen (secondary N) is 1. The van der Waals surface area contributed by atoms with Crippen LogP contribution in [-0.2, 0) is 0 Å². The van der Waals surface area contributed by atoms with Crippen LogP contribution < -0.4 is 5.32 Å². The Kier molecular flexibility index (Phi) is 4.22. The molecular weight excluding hydrogens is 198 g/mol. The topological polar surface area (TPSA) is 18.5 Å². The predicted molar refractivity (Wildman–Crippen MR) is 68.7 cm³/mol. The lowest BCUT2D eigenvalue weighted by molar-refractivity contribution is 0.116. The van der Waals surface area contributed by atoms with Crippen LogP contribution in [0.2, 0.25) is 0 Å². The van der Waals surface area contributed by atoms with Crippen LogP contribution in [0.3, 0.4) is 0 Å². The molecule has 2 aliphatic heterocycles. The highest BCUT2D eigenvalue weighted by Crippen LogP contribution is 2.22. The van der Waals surface area contributed by atoms with Gasteiger partial charge in [-0.3, -0.25) is 4.90 Å². The van der Waals surface area contributed by atoms with Gasteiger partial charge in [0.2, 0.25) is 0 Å². The maximum atomic E-state index is 3.54. The second-order valence-corrected chi connectivity index (χ2v) is 5.62. The zero-order valence-electron chi connectivity index (χ0n) is 11.1. The number of rotatable bonds is 2. The number of hydrogen-bond donors (Lipinski definition) is 1. The first kappa shape index (κ1) is 12.3. The standard InChI is InChI=1S/C13H27N3/c1-4-12-10-15(3)6-5-7-16(12)13-9-14-8-11(13)2/h11-14H,4-10H2,1-3H3. The molecule has 0 saturated carbocycles. The molecule has 2 heterocycles. The van der Waals surface area contributed by atoms with E-state index >= 15 is 0 Å². The molecule has 3 nitrogen and oxygen atoms in total. The molecule has 0 aromatic heterocycles. The van der Waals surface area contributed by atoms with E-state index in [1.165, 1.54) is 45.6 Å². The van der Waals surface area contributed by atoms with E-state index in [0.717, 1.165) is 18.0 Å². The van der Waals surface area contributed by atoms with Crippen molar-refractivity contribution in [2.45, 2.75) is 38.8 Å². The zero-order valence-corrected chi connectivity index (χ0v) is 11.1. The summed E-state index contributed by atoms with van der Waals surface area (Å²) in [5.74, 6) is 0.817. The number of nitrogens with zero attached hydrogens (tertiary/aromatic N) is 2. The van der Waals surface area contributed by atoms with Gasteiger partial charge < -0.3 is 10.2 Å². The smallest absolute Gasteiger partial charge is 0.0261 e. The van der Waals surface area contributed by atoms with Crippen molar-refractivity contribution in [3.8, 4) is 0 Å². The molecule has 0 aliphatic carbocycles. The van der Waals surface area contributed by atoms with Crippen molar-refractivity contribution in [1.82, 2.24) is 15.1 Å². The first-order valence-electron chi connectivity index (χ1n) is 6.87. The summed E-state index contributed by atoms with van der Waals surface area (Å²) in [6, 6.07) is 1.54. The van der Waals surface area contributed by atoms with Crippen LogP contribution in [0.25, 0.3) is 0 Å². The lowest BCUT2D eigenvalue weighted by atomic mass is 10.0. The van der Waals surface area contributed by atoms with E-state index in [1.54, 1.807) is 0 Å². The van der Waals surface area contributed by atoms with Crippen LogP contribution in [-0.4, -0.2) is 61.7 Å². The summed E-state index contributed by atoms with van der Waals surface area (Å²) in [6.45, 7) is 10.9. The quantitative estimate of drug-likeness (QED) is 0.757. The molecule has 0 bridgehead atoms. The van der Waals surface area contributed by atoms with Crippen molar-refractivity contribution in [1.29, 1.82) is 0 Å². The van der Waals surface area contributed by atoms with Gasteiger partial charge in [0.15, 0.2) is 0 Å². The Balaban J connectivity index is 2.04. The Labute approximate surface area is 100 Å². The molecule has 0 spiro atoms. The molecule has 16 heavy (non-hydrogen) atoms. The van der Waals surface area contributed by atoms with Crippen molar-refractivity contribution in [2.75, 3.05) is 39.8 Å². The van der Waals surface area contributed by atoms with E-state index in [2.05, 4.69) is 36.0 Å². The van der Waals surface area contributed by atoms with Crippen molar-refractivity contribution in [2.24, 2.45) is 5.92 Å².